The Labute approximate surface area is 121 Å². The molecule has 0 aliphatic carbocycles. The van der Waals surface area contributed by atoms with Gasteiger partial charge in [-0.3, -0.25) is 0 Å². The predicted octanol–water partition coefficient (Wildman–Crippen LogP) is 2.97. The molecule has 21 heavy (non-hydrogen) atoms. The topological polar surface area (TPSA) is 64.9 Å². The van der Waals surface area contributed by atoms with Crippen LogP contribution in [-0.4, -0.2) is 10.1 Å². The normalized spacial score (nSPS) is 10.7. The van der Waals surface area contributed by atoms with Crippen LogP contribution < -0.4 is 5.73 Å². The second-order valence-electron chi connectivity index (χ2n) is 4.83. The van der Waals surface area contributed by atoms with Gasteiger partial charge in [0.25, 0.3) is 0 Å². The van der Waals surface area contributed by atoms with Gasteiger partial charge >= 0.3 is 0 Å². The average Bonchev–Trinajstić information content (AvgIpc) is 2.86. The molecule has 0 saturated carbocycles. The van der Waals surface area contributed by atoms with E-state index in [4.69, 9.17) is 10.3 Å². The standard InChI is InChI=1S/C16H14FN3O/c17-13-5-1-3-11(7-13)9-15-19-16(21-20-15)10-12-4-2-6-14(18)8-12/h1-8H,9-10,18H2. The molecule has 0 atom stereocenters. The van der Waals surface area contributed by atoms with Crippen molar-refractivity contribution in [1.29, 1.82) is 0 Å². The van der Waals surface area contributed by atoms with E-state index in [0.717, 1.165) is 11.1 Å². The Morgan fingerprint density at radius 3 is 2.52 bits per heavy atom. The molecule has 0 spiro atoms. The number of nitrogens with two attached hydrogens (primary N) is 1. The van der Waals surface area contributed by atoms with Gasteiger partial charge < -0.3 is 10.3 Å². The van der Waals surface area contributed by atoms with E-state index < -0.39 is 0 Å². The van der Waals surface area contributed by atoms with Gasteiger partial charge in [-0.1, -0.05) is 29.4 Å². The lowest BCUT2D eigenvalue weighted by atomic mass is 10.1. The van der Waals surface area contributed by atoms with Gasteiger partial charge in [0.15, 0.2) is 5.82 Å². The maximum absolute atomic E-state index is 13.1. The SMILES string of the molecule is Nc1cccc(Cc2nc(Cc3cccc(F)c3)no2)c1. The first-order chi connectivity index (χ1) is 10.2. The van der Waals surface area contributed by atoms with Gasteiger partial charge in [-0.05, 0) is 35.4 Å². The molecule has 0 saturated heterocycles. The van der Waals surface area contributed by atoms with Gasteiger partial charge in [0, 0.05) is 12.1 Å². The molecule has 0 aliphatic heterocycles. The van der Waals surface area contributed by atoms with Crippen LogP contribution in [0.5, 0.6) is 0 Å². The van der Waals surface area contributed by atoms with E-state index in [-0.39, 0.29) is 5.82 Å². The van der Waals surface area contributed by atoms with Crippen LogP contribution >= 0.6 is 0 Å². The molecule has 3 aromatic rings. The molecule has 1 aromatic heterocycles. The molecule has 0 amide bonds. The Bertz CT molecular complexity index is 693. The number of nitrogens with zero attached hydrogens (tertiary/aromatic N) is 2. The lowest BCUT2D eigenvalue weighted by Gasteiger charge is -1.98. The minimum Gasteiger partial charge on any atom is -0.399 e. The molecule has 0 fully saturated rings. The summed E-state index contributed by atoms with van der Waals surface area (Å²) in [5.41, 5.74) is 8.25. The molecule has 0 radical (unpaired) electrons. The van der Waals surface area contributed by atoms with Crippen molar-refractivity contribution in [2.24, 2.45) is 0 Å². The Kier molecular flexibility index (Phi) is 3.64. The number of rotatable bonds is 4. The van der Waals surface area contributed by atoms with E-state index in [1.54, 1.807) is 6.07 Å². The van der Waals surface area contributed by atoms with Crippen LogP contribution in [0.1, 0.15) is 22.8 Å². The summed E-state index contributed by atoms with van der Waals surface area (Å²) in [7, 11) is 0. The molecule has 2 aromatic carbocycles. The maximum atomic E-state index is 13.1. The van der Waals surface area contributed by atoms with Gasteiger partial charge in [-0.2, -0.15) is 4.98 Å². The van der Waals surface area contributed by atoms with E-state index in [9.17, 15) is 4.39 Å². The van der Waals surface area contributed by atoms with Crippen LogP contribution in [0.25, 0.3) is 0 Å². The zero-order valence-electron chi connectivity index (χ0n) is 11.3. The largest absolute Gasteiger partial charge is 0.399 e. The molecule has 2 N–H and O–H groups in total. The smallest absolute Gasteiger partial charge is 0.231 e. The summed E-state index contributed by atoms with van der Waals surface area (Å²) in [4.78, 5) is 4.32. The number of anilines is 1. The average molecular weight is 283 g/mol. The lowest BCUT2D eigenvalue weighted by molar-refractivity contribution is 0.380. The second kappa shape index (κ2) is 5.75. The number of nitrogen functional groups attached to an aromatic ring is 1. The molecule has 0 bridgehead atoms. The van der Waals surface area contributed by atoms with Crippen LogP contribution in [0.2, 0.25) is 0 Å². The van der Waals surface area contributed by atoms with E-state index >= 15 is 0 Å². The van der Waals surface area contributed by atoms with Crippen LogP contribution in [-0.2, 0) is 12.8 Å². The first-order valence-corrected chi connectivity index (χ1v) is 6.59. The zero-order valence-corrected chi connectivity index (χ0v) is 11.3. The van der Waals surface area contributed by atoms with E-state index in [2.05, 4.69) is 10.1 Å². The third-order valence-electron chi connectivity index (χ3n) is 3.07. The Morgan fingerprint density at radius 2 is 1.76 bits per heavy atom. The number of hydrogen-bond acceptors (Lipinski definition) is 4. The first kappa shape index (κ1) is 13.3. The van der Waals surface area contributed by atoms with Crippen LogP contribution in [0.4, 0.5) is 10.1 Å². The van der Waals surface area contributed by atoms with Crippen molar-refractivity contribution in [1.82, 2.24) is 10.1 Å². The quantitative estimate of drug-likeness (QED) is 0.748. The van der Waals surface area contributed by atoms with Gasteiger partial charge in [0.1, 0.15) is 5.82 Å². The highest BCUT2D eigenvalue weighted by Crippen LogP contribution is 2.13. The summed E-state index contributed by atoms with van der Waals surface area (Å²) in [6.45, 7) is 0. The van der Waals surface area contributed by atoms with E-state index in [0.29, 0.717) is 30.2 Å². The Morgan fingerprint density at radius 1 is 1.00 bits per heavy atom. The summed E-state index contributed by atoms with van der Waals surface area (Å²) >= 11 is 0. The fourth-order valence-electron chi connectivity index (χ4n) is 2.14. The van der Waals surface area contributed by atoms with Crippen LogP contribution in [0.15, 0.2) is 53.1 Å². The summed E-state index contributed by atoms with van der Waals surface area (Å²) in [6, 6.07) is 13.9. The Balaban J connectivity index is 1.71. The summed E-state index contributed by atoms with van der Waals surface area (Å²) < 4.78 is 18.3. The van der Waals surface area contributed by atoms with Crippen LogP contribution in [0.3, 0.4) is 0 Å². The Hall–Kier alpha value is -2.69. The zero-order chi connectivity index (χ0) is 14.7. The van der Waals surface area contributed by atoms with E-state index in [1.807, 2.05) is 30.3 Å². The summed E-state index contributed by atoms with van der Waals surface area (Å²) in [6.07, 6.45) is 0.972. The molecule has 0 aliphatic rings. The fourth-order valence-corrected chi connectivity index (χ4v) is 2.14. The van der Waals surface area contributed by atoms with Gasteiger partial charge in [-0.15, -0.1) is 0 Å². The minimum absolute atomic E-state index is 0.268. The summed E-state index contributed by atoms with van der Waals surface area (Å²) in [5.74, 6) is 0.794. The third-order valence-corrected chi connectivity index (χ3v) is 3.07. The molecule has 0 unspecified atom stereocenters. The molecule has 106 valence electrons. The van der Waals surface area contributed by atoms with E-state index in [1.165, 1.54) is 12.1 Å². The van der Waals surface area contributed by atoms with Gasteiger partial charge in [0.2, 0.25) is 5.89 Å². The molecule has 5 heteroatoms. The van der Waals surface area contributed by atoms with Crippen molar-refractivity contribution >= 4 is 5.69 Å². The monoisotopic (exact) mass is 283 g/mol. The minimum atomic E-state index is -0.268. The predicted molar refractivity (Wildman–Crippen MR) is 77.2 cm³/mol. The van der Waals surface area contributed by atoms with Crippen molar-refractivity contribution in [2.45, 2.75) is 12.8 Å². The number of aromatic nitrogens is 2. The highest BCUT2D eigenvalue weighted by Gasteiger charge is 2.08. The van der Waals surface area contributed by atoms with Gasteiger partial charge in [-0.25, -0.2) is 4.39 Å². The lowest BCUT2D eigenvalue weighted by Crippen LogP contribution is -1.94. The summed E-state index contributed by atoms with van der Waals surface area (Å²) in [5, 5.41) is 3.92. The highest BCUT2D eigenvalue weighted by molar-refractivity contribution is 5.41. The maximum Gasteiger partial charge on any atom is 0.231 e. The second-order valence-corrected chi connectivity index (χ2v) is 4.83. The molecule has 4 nitrogen and oxygen atoms in total. The van der Waals surface area contributed by atoms with Gasteiger partial charge in [0.05, 0.1) is 6.42 Å². The highest BCUT2D eigenvalue weighted by atomic mass is 19.1. The molecule has 1 heterocycles. The van der Waals surface area contributed by atoms with Crippen molar-refractivity contribution in [3.05, 3.63) is 77.2 Å². The third kappa shape index (κ3) is 3.45. The molecular formula is C16H14FN3O. The van der Waals surface area contributed by atoms with Crippen molar-refractivity contribution in [3.63, 3.8) is 0 Å². The first-order valence-electron chi connectivity index (χ1n) is 6.59. The fraction of sp³-hybridized carbons (Fsp3) is 0.125. The van der Waals surface area contributed by atoms with Crippen LogP contribution in [0, 0.1) is 5.82 Å². The molecular weight excluding hydrogens is 269 g/mol. The number of benzene rings is 2. The van der Waals surface area contributed by atoms with Crippen molar-refractivity contribution in [3.8, 4) is 0 Å². The number of hydrogen-bond donors (Lipinski definition) is 1. The number of halogens is 1. The van der Waals surface area contributed by atoms with Crippen molar-refractivity contribution < 1.29 is 8.91 Å². The van der Waals surface area contributed by atoms with Crippen molar-refractivity contribution in [2.75, 3.05) is 5.73 Å². The molecule has 3 rings (SSSR count).